The molecule has 1 amide bonds. The van der Waals surface area contributed by atoms with Crippen molar-refractivity contribution < 1.29 is 17.9 Å². The number of hydrogen-bond donors (Lipinski definition) is 1. The highest BCUT2D eigenvalue weighted by atomic mass is 32.2. The molecule has 1 N–H and O–H groups in total. The first kappa shape index (κ1) is 31.1. The van der Waals surface area contributed by atoms with Crippen LogP contribution in [0.4, 0.5) is 0 Å². The Labute approximate surface area is 262 Å². The normalized spacial score (nSPS) is 22.9. The number of nitrogens with one attached hydrogen (secondary N) is 1. The van der Waals surface area contributed by atoms with Gasteiger partial charge in [-0.2, -0.15) is 12.7 Å². The van der Waals surface area contributed by atoms with E-state index in [0.717, 1.165) is 54.7 Å². The first-order valence-electron chi connectivity index (χ1n) is 16.2. The minimum absolute atomic E-state index is 0.103. The summed E-state index contributed by atoms with van der Waals surface area (Å²) < 4.78 is 39.1. The second kappa shape index (κ2) is 12.8. The Morgan fingerprint density at radius 3 is 2.50 bits per heavy atom. The molecule has 6 rings (SSSR count). The molecule has 3 heterocycles. The van der Waals surface area contributed by atoms with Crippen LogP contribution in [0.15, 0.2) is 42.5 Å². The number of hydrogen-bond acceptors (Lipinski definition) is 6. The molecule has 1 atom stereocenters. The second-order valence-electron chi connectivity index (χ2n) is 13.3. The number of nitrogens with zero attached hydrogens (tertiary/aromatic N) is 4. The van der Waals surface area contributed by atoms with Gasteiger partial charge in [0.1, 0.15) is 12.4 Å². The molecule has 1 aliphatic carbocycles. The third-order valence-corrected chi connectivity index (χ3v) is 11.2. The molecule has 0 spiro atoms. The fourth-order valence-corrected chi connectivity index (χ4v) is 8.09. The molecular formula is C34H47N5O4S. The quantitative estimate of drug-likeness (QED) is 0.447. The van der Waals surface area contributed by atoms with Crippen LogP contribution in [0.5, 0.6) is 5.75 Å². The van der Waals surface area contributed by atoms with Crippen LogP contribution in [0.2, 0.25) is 0 Å². The molecule has 1 saturated carbocycles. The summed E-state index contributed by atoms with van der Waals surface area (Å²) in [6.45, 7) is 8.98. The van der Waals surface area contributed by atoms with Gasteiger partial charge in [-0.3, -0.25) is 9.69 Å². The molecule has 10 heteroatoms. The van der Waals surface area contributed by atoms with Crippen LogP contribution in [0, 0.1) is 5.92 Å². The largest absolute Gasteiger partial charge is 0.491 e. The number of amides is 1. The summed E-state index contributed by atoms with van der Waals surface area (Å²) >= 11 is 0. The number of likely N-dealkylation sites (N-methyl/N-ethyl adjacent to an activating group) is 2. The summed E-state index contributed by atoms with van der Waals surface area (Å²) in [6.07, 6.45) is 5.95. The summed E-state index contributed by atoms with van der Waals surface area (Å²) in [7, 11) is -0.306. The zero-order valence-electron chi connectivity index (χ0n) is 26.6. The third kappa shape index (κ3) is 6.27. The molecule has 3 aromatic rings. The average Bonchev–Trinajstić information content (AvgIpc) is 3.31. The van der Waals surface area contributed by atoms with Crippen molar-refractivity contribution in [1.29, 1.82) is 0 Å². The van der Waals surface area contributed by atoms with Crippen molar-refractivity contribution in [3.63, 3.8) is 0 Å². The van der Waals surface area contributed by atoms with Crippen molar-refractivity contribution in [3.05, 3.63) is 53.6 Å². The van der Waals surface area contributed by atoms with Gasteiger partial charge in [0, 0.05) is 68.3 Å². The van der Waals surface area contributed by atoms with Gasteiger partial charge in [-0.15, -0.1) is 0 Å². The van der Waals surface area contributed by atoms with Crippen LogP contribution in [0.1, 0.15) is 67.8 Å². The molecule has 3 aliphatic rings. The van der Waals surface area contributed by atoms with Crippen molar-refractivity contribution in [1.82, 2.24) is 23.4 Å². The molecule has 1 fully saturated rings. The van der Waals surface area contributed by atoms with Crippen LogP contribution >= 0.6 is 0 Å². The zero-order chi connectivity index (χ0) is 31.0. The summed E-state index contributed by atoms with van der Waals surface area (Å²) in [5.74, 6) is 1.13. The molecule has 4 bridgehead atoms. The molecule has 0 radical (unpaired) electrons. The average molecular weight is 622 g/mol. The van der Waals surface area contributed by atoms with Crippen molar-refractivity contribution in [3.8, 4) is 17.0 Å². The highest BCUT2D eigenvalue weighted by Gasteiger charge is 2.32. The fraction of sp³-hybridized carbons (Fsp3) is 0.559. The number of benzene rings is 2. The van der Waals surface area contributed by atoms with Gasteiger partial charge >= 0.3 is 10.2 Å². The molecule has 1 aromatic heterocycles. The number of aromatic nitrogens is 1. The van der Waals surface area contributed by atoms with Crippen molar-refractivity contribution in [2.24, 2.45) is 5.92 Å². The molecule has 238 valence electrons. The summed E-state index contributed by atoms with van der Waals surface area (Å²) in [6, 6.07) is 14.2. The summed E-state index contributed by atoms with van der Waals surface area (Å²) in [5.41, 5.74) is 4.91. The van der Waals surface area contributed by atoms with E-state index in [0.29, 0.717) is 43.6 Å². The molecule has 0 saturated heterocycles. The molecule has 2 aromatic carbocycles. The Kier molecular flexibility index (Phi) is 9.06. The summed E-state index contributed by atoms with van der Waals surface area (Å²) in [5, 5.41) is 1.14. The van der Waals surface area contributed by atoms with E-state index >= 15 is 0 Å². The maximum atomic E-state index is 13.5. The lowest BCUT2D eigenvalue weighted by Crippen LogP contribution is -2.47. The van der Waals surface area contributed by atoms with Gasteiger partial charge in [0.15, 0.2) is 0 Å². The minimum atomic E-state index is -4.01. The first-order valence-corrected chi connectivity index (χ1v) is 17.7. The molecule has 44 heavy (non-hydrogen) atoms. The van der Waals surface area contributed by atoms with Gasteiger partial charge < -0.3 is 14.2 Å². The van der Waals surface area contributed by atoms with E-state index < -0.39 is 16.1 Å². The molecule has 2 aliphatic heterocycles. The molecular weight excluding hydrogens is 574 g/mol. The lowest BCUT2D eigenvalue weighted by molar-refractivity contribution is 0.0978. The van der Waals surface area contributed by atoms with Crippen LogP contribution in [0.3, 0.4) is 0 Å². The highest BCUT2D eigenvalue weighted by Crippen LogP contribution is 2.47. The summed E-state index contributed by atoms with van der Waals surface area (Å²) in [4.78, 5) is 18.2. The predicted molar refractivity (Wildman–Crippen MR) is 175 cm³/mol. The lowest BCUT2D eigenvalue weighted by atomic mass is 9.81. The number of carbonyl (C=O) groups excluding carboxylic acids is 1. The van der Waals surface area contributed by atoms with Crippen LogP contribution in [-0.2, 0) is 16.8 Å². The van der Waals surface area contributed by atoms with Gasteiger partial charge in [0.05, 0.1) is 11.7 Å². The van der Waals surface area contributed by atoms with Crippen LogP contribution < -0.4 is 9.46 Å². The topological polar surface area (TPSA) is 87.1 Å². The molecule has 1 unspecified atom stereocenters. The molecule has 9 nitrogen and oxygen atoms in total. The van der Waals surface area contributed by atoms with Crippen LogP contribution in [0.25, 0.3) is 22.2 Å². The lowest BCUT2D eigenvalue weighted by Gasteiger charge is -2.34. The van der Waals surface area contributed by atoms with Gasteiger partial charge in [-0.1, -0.05) is 51.3 Å². The predicted octanol–water partition coefficient (Wildman–Crippen LogP) is 4.93. The number of carbonyl (C=O) groups is 1. The van der Waals surface area contributed by atoms with Gasteiger partial charge in [-0.05, 0) is 61.6 Å². The van der Waals surface area contributed by atoms with Crippen molar-refractivity contribution >= 4 is 27.0 Å². The third-order valence-electron chi connectivity index (χ3n) is 9.72. The Morgan fingerprint density at radius 1 is 0.977 bits per heavy atom. The number of ether oxygens (including phenoxy) is 1. The van der Waals surface area contributed by atoms with E-state index in [-0.39, 0.29) is 6.04 Å². The van der Waals surface area contributed by atoms with E-state index in [2.05, 4.69) is 58.2 Å². The minimum Gasteiger partial charge on any atom is -0.491 e. The van der Waals surface area contributed by atoms with E-state index in [9.17, 15) is 13.2 Å². The monoisotopic (exact) mass is 621 g/mol. The van der Waals surface area contributed by atoms with Gasteiger partial charge in [-0.25, -0.2) is 4.72 Å². The Morgan fingerprint density at radius 2 is 1.73 bits per heavy atom. The highest BCUT2D eigenvalue weighted by molar-refractivity contribution is 7.87. The Hall–Kier alpha value is -2.92. The van der Waals surface area contributed by atoms with Crippen molar-refractivity contribution in [2.45, 2.75) is 64.5 Å². The van der Waals surface area contributed by atoms with Crippen molar-refractivity contribution in [2.75, 3.05) is 53.4 Å². The Bertz CT molecular complexity index is 1610. The van der Waals surface area contributed by atoms with E-state index in [4.69, 9.17) is 4.74 Å². The SMILES string of the molecule is CC(C)CN1CCN(C)C2COc3ccccc3-c3c(C4CCCCC4)c4ccc(cc4n3C2)C(=O)NS(=O)(=O)N(C)CC1. The van der Waals surface area contributed by atoms with E-state index in [1.807, 2.05) is 18.2 Å². The van der Waals surface area contributed by atoms with E-state index in [1.54, 1.807) is 6.07 Å². The first-order chi connectivity index (χ1) is 21.1. The number of rotatable bonds is 3. The standard InChI is InChI=1S/C34H47N5O4S/c1-24(2)21-38-18-16-36(3)27-22-39-30-20-26(34(40)35-44(41,42)37(4)17-19-38)14-15-28(30)32(25-10-6-5-7-11-25)33(39)29-12-8-9-13-31(29)43-23-27/h8-9,12-15,20,24-25,27H,5-7,10-11,16-19,21-23H2,1-4H3,(H,35,40). The smallest absolute Gasteiger partial charge is 0.303 e. The van der Waals surface area contributed by atoms with E-state index in [1.165, 1.54) is 41.9 Å². The number of para-hydroxylation sites is 1. The number of fused-ring (bicyclic) bond motifs is 4. The van der Waals surface area contributed by atoms with Crippen LogP contribution in [-0.4, -0.2) is 92.5 Å². The maximum absolute atomic E-state index is 13.5. The van der Waals surface area contributed by atoms with Gasteiger partial charge in [0.25, 0.3) is 5.91 Å². The second-order valence-corrected chi connectivity index (χ2v) is 15.1. The maximum Gasteiger partial charge on any atom is 0.303 e. The van der Waals surface area contributed by atoms with Gasteiger partial charge in [0.2, 0.25) is 0 Å². The Balaban J connectivity index is 1.53. The fourth-order valence-electron chi connectivity index (χ4n) is 7.26. The zero-order valence-corrected chi connectivity index (χ0v) is 27.4.